The number of aryl methyl sites for hydroxylation is 3. The molecule has 0 aliphatic heterocycles. The summed E-state index contributed by atoms with van der Waals surface area (Å²) >= 11 is 0. The van der Waals surface area contributed by atoms with Crippen LogP contribution in [0.3, 0.4) is 0 Å². The molecule has 3 aromatic carbocycles. The van der Waals surface area contributed by atoms with Crippen molar-refractivity contribution in [1.29, 1.82) is 0 Å². The monoisotopic (exact) mass is 342 g/mol. The predicted molar refractivity (Wildman–Crippen MR) is 105 cm³/mol. The van der Waals surface area contributed by atoms with Crippen LogP contribution in [0.25, 0.3) is 44.0 Å². The van der Waals surface area contributed by atoms with Crippen LogP contribution in [0.4, 0.5) is 0 Å². The van der Waals surface area contributed by atoms with E-state index in [9.17, 15) is 0 Å². The Hall–Kier alpha value is -3.20. The molecule has 5 rings (SSSR count). The number of nitrogens with zero attached hydrogens (tertiary/aromatic N) is 2. The first-order valence-electron chi connectivity index (χ1n) is 10.0. The topological polar surface area (TPSA) is 29.9 Å². The Morgan fingerprint density at radius 2 is 1.88 bits per heavy atom. The van der Waals surface area contributed by atoms with E-state index in [0.717, 1.165) is 33.0 Å². The van der Waals surface area contributed by atoms with Crippen LogP contribution in [0.2, 0.25) is 0 Å². The van der Waals surface area contributed by atoms with Crippen molar-refractivity contribution in [3.63, 3.8) is 0 Å². The molecule has 26 heavy (non-hydrogen) atoms. The van der Waals surface area contributed by atoms with Crippen LogP contribution in [-0.2, 0) is 7.05 Å². The van der Waals surface area contributed by atoms with Crippen molar-refractivity contribution >= 4 is 32.7 Å². The number of hydrogen-bond donors (Lipinski definition) is 0. The molecule has 0 aliphatic carbocycles. The highest BCUT2D eigenvalue weighted by molar-refractivity contribution is 6.14. The Bertz CT molecular complexity index is 1420. The lowest BCUT2D eigenvalue weighted by atomic mass is 9.96. The van der Waals surface area contributed by atoms with E-state index in [4.69, 9.17) is 8.53 Å². The van der Waals surface area contributed by atoms with Crippen LogP contribution in [0, 0.1) is 13.8 Å². The average Bonchev–Trinajstić information content (AvgIpc) is 3.03. The molecule has 0 atom stereocenters. The minimum absolute atomic E-state index is 0.314. The molecule has 126 valence electrons. The van der Waals surface area contributed by atoms with Crippen molar-refractivity contribution in [2.75, 3.05) is 0 Å². The van der Waals surface area contributed by atoms with Crippen molar-refractivity contribution in [2.24, 2.45) is 7.05 Å². The van der Waals surface area contributed by atoms with Gasteiger partial charge in [-0.25, -0.2) is 0 Å². The summed E-state index contributed by atoms with van der Waals surface area (Å²) in [6, 6.07) is 13.8. The maximum atomic E-state index is 8.12. The Balaban J connectivity index is 2.01. The van der Waals surface area contributed by atoms with E-state index in [1.165, 1.54) is 0 Å². The average molecular weight is 342 g/mol. The second-order valence-corrected chi connectivity index (χ2v) is 6.69. The van der Waals surface area contributed by atoms with Gasteiger partial charge in [-0.1, -0.05) is 30.3 Å². The van der Waals surface area contributed by atoms with E-state index in [1.807, 2.05) is 61.1 Å². The fraction of sp³-hybridized carbons (Fsp3) is 0.130. The van der Waals surface area contributed by atoms with E-state index in [0.29, 0.717) is 22.1 Å². The van der Waals surface area contributed by atoms with E-state index >= 15 is 0 Å². The number of hydrogen-bond acceptors (Lipinski definition) is 2. The third-order valence-corrected chi connectivity index (χ3v) is 5.02. The summed E-state index contributed by atoms with van der Waals surface area (Å²) in [7, 11) is 1.94. The maximum absolute atomic E-state index is 8.12. The molecule has 0 unspecified atom stereocenters. The fourth-order valence-corrected chi connectivity index (χ4v) is 3.75. The van der Waals surface area contributed by atoms with Crippen LogP contribution in [0.1, 0.15) is 15.2 Å². The van der Waals surface area contributed by atoms with Gasteiger partial charge in [0.05, 0.1) is 18.0 Å². The van der Waals surface area contributed by atoms with Gasteiger partial charge in [0.2, 0.25) is 5.69 Å². The predicted octanol–water partition coefficient (Wildman–Crippen LogP) is 5.24. The quantitative estimate of drug-likeness (QED) is 0.390. The first-order valence-corrected chi connectivity index (χ1v) is 8.54. The molecule has 0 N–H and O–H groups in total. The summed E-state index contributed by atoms with van der Waals surface area (Å²) < 4.78 is 32.7. The SMILES string of the molecule is [2H]C([2H])([2H])c1cc(C)c(-c2cncc[n+]2C)c2oc3cc4ccccc4cc3c12. The van der Waals surface area contributed by atoms with E-state index in [-0.39, 0.29) is 0 Å². The summed E-state index contributed by atoms with van der Waals surface area (Å²) in [6.07, 6.45) is 5.37. The lowest BCUT2D eigenvalue weighted by molar-refractivity contribution is -0.660. The van der Waals surface area contributed by atoms with E-state index in [1.54, 1.807) is 18.5 Å². The Morgan fingerprint density at radius 3 is 2.65 bits per heavy atom. The zero-order chi connectivity index (χ0) is 20.3. The van der Waals surface area contributed by atoms with Gasteiger partial charge in [-0.15, -0.1) is 0 Å². The van der Waals surface area contributed by atoms with Gasteiger partial charge in [0.25, 0.3) is 0 Å². The van der Waals surface area contributed by atoms with Gasteiger partial charge < -0.3 is 4.42 Å². The lowest BCUT2D eigenvalue weighted by Crippen LogP contribution is -2.30. The van der Waals surface area contributed by atoms with Crippen molar-refractivity contribution in [3.8, 4) is 11.3 Å². The van der Waals surface area contributed by atoms with Gasteiger partial charge in [0.1, 0.15) is 18.2 Å². The second kappa shape index (κ2) is 5.40. The highest BCUT2D eigenvalue weighted by atomic mass is 16.3. The van der Waals surface area contributed by atoms with Crippen LogP contribution in [-0.4, -0.2) is 4.98 Å². The molecule has 0 fully saturated rings. The number of rotatable bonds is 1. The molecule has 3 nitrogen and oxygen atoms in total. The van der Waals surface area contributed by atoms with Crippen molar-refractivity contribution in [1.82, 2.24) is 4.98 Å². The molecule has 0 radical (unpaired) electrons. The third kappa shape index (κ3) is 2.07. The lowest BCUT2D eigenvalue weighted by Gasteiger charge is -2.07. The van der Waals surface area contributed by atoms with Gasteiger partial charge >= 0.3 is 0 Å². The number of benzene rings is 3. The smallest absolute Gasteiger partial charge is 0.234 e. The van der Waals surface area contributed by atoms with Crippen molar-refractivity contribution < 1.29 is 13.1 Å². The summed E-state index contributed by atoms with van der Waals surface area (Å²) in [5, 5.41) is 3.57. The largest absolute Gasteiger partial charge is 0.455 e. The summed E-state index contributed by atoms with van der Waals surface area (Å²) in [6.45, 7) is -0.332. The molecule has 0 saturated carbocycles. The molecular weight excluding hydrogens is 320 g/mol. The Kier molecular flexibility index (Phi) is 2.53. The van der Waals surface area contributed by atoms with Crippen LogP contribution < -0.4 is 4.57 Å². The van der Waals surface area contributed by atoms with E-state index in [2.05, 4.69) is 4.98 Å². The molecule has 3 heteroatoms. The summed E-state index contributed by atoms with van der Waals surface area (Å²) in [5.74, 6) is 0. The molecular formula is C23H19N2O+. The minimum atomic E-state index is -2.25. The molecule has 2 aromatic heterocycles. The summed E-state index contributed by atoms with van der Waals surface area (Å²) in [5.41, 5.74) is 4.16. The molecule has 0 spiro atoms. The first-order chi connectivity index (χ1) is 13.8. The standard InChI is InChI=1S/C23H19N2O/c1-14-10-15(2)22(19-13-24-8-9-25(19)3)23-21(14)18-11-16-6-4-5-7-17(16)12-20(18)26-23/h4-13H,1-3H3/q+1/i1D3. The zero-order valence-corrected chi connectivity index (χ0v) is 14.6. The number of furan rings is 1. The number of aromatic nitrogens is 2. The van der Waals surface area contributed by atoms with Crippen molar-refractivity contribution in [2.45, 2.75) is 13.8 Å². The second-order valence-electron chi connectivity index (χ2n) is 6.69. The third-order valence-electron chi connectivity index (χ3n) is 5.02. The molecule has 0 bridgehead atoms. The van der Waals surface area contributed by atoms with Crippen LogP contribution in [0.15, 0.2) is 65.5 Å². The van der Waals surface area contributed by atoms with Gasteiger partial charge in [-0.05, 0) is 47.8 Å². The zero-order valence-electron chi connectivity index (χ0n) is 17.6. The number of fused-ring (bicyclic) bond motifs is 4. The van der Waals surface area contributed by atoms with Gasteiger partial charge in [-0.2, -0.15) is 4.57 Å². The van der Waals surface area contributed by atoms with Gasteiger partial charge in [0.15, 0.2) is 6.20 Å². The van der Waals surface area contributed by atoms with Crippen molar-refractivity contribution in [3.05, 3.63) is 72.2 Å². The molecule has 5 aromatic rings. The molecule has 0 saturated heterocycles. The normalized spacial score (nSPS) is 13.8. The Morgan fingerprint density at radius 1 is 1.08 bits per heavy atom. The fourth-order valence-electron chi connectivity index (χ4n) is 3.75. The highest BCUT2D eigenvalue weighted by Gasteiger charge is 2.22. The molecule has 0 aliphatic rings. The molecule has 0 amide bonds. The van der Waals surface area contributed by atoms with E-state index < -0.39 is 6.85 Å². The van der Waals surface area contributed by atoms with Gasteiger partial charge in [-0.3, -0.25) is 4.98 Å². The summed E-state index contributed by atoms with van der Waals surface area (Å²) in [4.78, 5) is 4.27. The first kappa shape index (κ1) is 12.2. The van der Waals surface area contributed by atoms with Crippen LogP contribution >= 0.6 is 0 Å². The maximum Gasteiger partial charge on any atom is 0.234 e. The molecule has 2 heterocycles. The minimum Gasteiger partial charge on any atom is -0.455 e. The Labute approximate surface area is 155 Å². The highest BCUT2D eigenvalue weighted by Crippen LogP contribution is 2.40. The van der Waals surface area contributed by atoms with Gasteiger partial charge in [0, 0.05) is 14.9 Å². The van der Waals surface area contributed by atoms with Crippen LogP contribution in [0.5, 0.6) is 0 Å².